The van der Waals surface area contributed by atoms with Crippen LogP contribution in [0.25, 0.3) is 10.8 Å². The highest BCUT2D eigenvalue weighted by molar-refractivity contribution is 6.08. The molecule has 12 nitrogen and oxygen atoms in total. The molecule has 0 radical (unpaired) electrons. The number of carboxylic acid groups (broad SMARTS) is 1. The Bertz CT molecular complexity index is 1460. The Morgan fingerprint density at radius 1 is 1.13 bits per heavy atom. The number of fused-ring (bicyclic) bond motifs is 1. The van der Waals surface area contributed by atoms with Crippen LogP contribution >= 0.6 is 0 Å². The second-order valence-electron chi connectivity index (χ2n) is 13.7. The molecule has 3 fully saturated rings. The Balaban J connectivity index is 1.39. The highest BCUT2D eigenvalue weighted by Crippen LogP contribution is 2.54. The quantitative estimate of drug-likeness (QED) is 0.186. The normalized spacial score (nSPS) is 33.7. The maximum absolute atomic E-state index is 12.3. The van der Waals surface area contributed by atoms with Crippen molar-refractivity contribution in [2.24, 2.45) is 23.2 Å². The maximum atomic E-state index is 12.3. The summed E-state index contributed by atoms with van der Waals surface area (Å²) < 4.78 is 17.6. The van der Waals surface area contributed by atoms with Crippen molar-refractivity contribution in [2.75, 3.05) is 26.4 Å². The number of aryl methyl sites for hydroxylation is 1. The molecule has 3 aliphatic rings. The zero-order valence-corrected chi connectivity index (χ0v) is 26.5. The summed E-state index contributed by atoms with van der Waals surface area (Å²) in [6.07, 6.45) is -2.68. The van der Waals surface area contributed by atoms with Crippen molar-refractivity contribution in [3.63, 3.8) is 0 Å². The van der Waals surface area contributed by atoms with Crippen LogP contribution in [-0.2, 0) is 9.47 Å². The Hall–Kier alpha value is -2.84. The van der Waals surface area contributed by atoms with Gasteiger partial charge < -0.3 is 50.0 Å². The van der Waals surface area contributed by atoms with Crippen molar-refractivity contribution in [2.45, 2.75) is 89.5 Å². The number of aromatic hydroxyl groups is 1. The van der Waals surface area contributed by atoms with Gasteiger partial charge in [0.15, 0.2) is 5.78 Å². The summed E-state index contributed by atoms with van der Waals surface area (Å²) in [6.45, 7) is 5.62. The Labute approximate surface area is 267 Å². The molecule has 0 amide bonds. The summed E-state index contributed by atoms with van der Waals surface area (Å²) in [5.74, 6) is -1.81. The van der Waals surface area contributed by atoms with E-state index in [-0.39, 0.29) is 63.8 Å². The van der Waals surface area contributed by atoms with Gasteiger partial charge in [-0.15, -0.1) is 0 Å². The molecule has 2 aromatic carbocycles. The number of carboxylic acids is 1. The second-order valence-corrected chi connectivity index (χ2v) is 13.7. The lowest BCUT2D eigenvalue weighted by Crippen LogP contribution is -2.68. The van der Waals surface area contributed by atoms with Crippen LogP contribution in [-0.4, -0.2) is 104 Å². The number of Topliss-reactive ketones (excluding diaryl/α,β-unsaturated/α-hetero) is 1. The number of benzene rings is 2. The molecule has 2 heterocycles. The molecule has 254 valence electrons. The summed E-state index contributed by atoms with van der Waals surface area (Å²) in [6, 6.07) is 3.95. The molecule has 46 heavy (non-hydrogen) atoms. The lowest BCUT2D eigenvalue weighted by molar-refractivity contribution is -0.315. The molecule has 2 aromatic rings. The molecule has 0 bridgehead atoms. The Morgan fingerprint density at radius 3 is 2.50 bits per heavy atom. The number of hydrogen-bond acceptors (Lipinski definition) is 11. The molecule has 0 aromatic heterocycles. The van der Waals surface area contributed by atoms with E-state index >= 15 is 0 Å². The number of hydrogen-bond donors (Lipinski definition) is 7. The van der Waals surface area contributed by atoms with Gasteiger partial charge in [0.2, 0.25) is 6.29 Å². The van der Waals surface area contributed by atoms with E-state index in [9.17, 15) is 45.3 Å². The van der Waals surface area contributed by atoms with Gasteiger partial charge in [0.05, 0.1) is 29.7 Å². The summed E-state index contributed by atoms with van der Waals surface area (Å²) >= 11 is 0. The van der Waals surface area contributed by atoms with Crippen molar-refractivity contribution < 1.29 is 59.5 Å². The molecule has 2 aliphatic heterocycles. The summed E-state index contributed by atoms with van der Waals surface area (Å²) in [5, 5.41) is 75.3. The van der Waals surface area contributed by atoms with E-state index in [1.807, 2.05) is 0 Å². The van der Waals surface area contributed by atoms with E-state index in [4.69, 9.17) is 14.2 Å². The number of carbonyl (C=O) groups excluding carboxylic acids is 1. The number of aliphatic hydroxyl groups is 5. The lowest BCUT2D eigenvalue weighted by Gasteiger charge is -2.49. The summed E-state index contributed by atoms with van der Waals surface area (Å²) in [7, 11) is 0. The van der Waals surface area contributed by atoms with Crippen LogP contribution in [0.15, 0.2) is 18.2 Å². The number of aliphatic hydroxyl groups excluding tert-OH is 4. The van der Waals surface area contributed by atoms with Crippen molar-refractivity contribution in [3.8, 4) is 11.5 Å². The predicted octanol–water partition coefficient (Wildman–Crippen LogP) is 2.54. The van der Waals surface area contributed by atoms with Gasteiger partial charge in [0, 0.05) is 13.2 Å². The minimum absolute atomic E-state index is 0.000667. The van der Waals surface area contributed by atoms with Crippen LogP contribution in [0.2, 0.25) is 0 Å². The number of rotatable bonds is 10. The van der Waals surface area contributed by atoms with Gasteiger partial charge in [-0.25, -0.2) is 4.79 Å². The SMILES string of the molecule is CC(=O)c1c(C)cc2cc(C(=O)O)cc(O[C@@H]3O[C@H](CO)[C@](O)(CC[C@@H](C)[C@H]4CCOC[C@]45CC[C@@H](CO)C5)[C@H](O)[C@H]3O)c2c1O. The fourth-order valence-electron chi connectivity index (χ4n) is 8.35. The van der Waals surface area contributed by atoms with Crippen LogP contribution in [0.3, 0.4) is 0 Å². The van der Waals surface area contributed by atoms with Gasteiger partial charge in [0.1, 0.15) is 35.4 Å². The Morgan fingerprint density at radius 2 is 1.87 bits per heavy atom. The first-order valence-corrected chi connectivity index (χ1v) is 16.0. The van der Waals surface area contributed by atoms with Gasteiger partial charge in [-0.1, -0.05) is 13.0 Å². The zero-order chi connectivity index (χ0) is 33.6. The number of ketones is 1. The second kappa shape index (κ2) is 13.3. The third-order valence-electron chi connectivity index (χ3n) is 10.8. The van der Waals surface area contributed by atoms with Crippen LogP contribution < -0.4 is 4.74 Å². The molecule has 7 N–H and O–H groups in total. The molecule has 0 unspecified atom stereocenters. The average Bonchev–Trinajstić information content (AvgIpc) is 3.42. The first-order chi connectivity index (χ1) is 21.8. The van der Waals surface area contributed by atoms with E-state index in [2.05, 4.69) is 6.92 Å². The number of phenols is 1. The zero-order valence-electron chi connectivity index (χ0n) is 26.5. The molecule has 5 rings (SSSR count). The van der Waals surface area contributed by atoms with E-state index < -0.39 is 54.3 Å². The third kappa shape index (κ3) is 6.12. The van der Waals surface area contributed by atoms with Crippen LogP contribution in [0.5, 0.6) is 11.5 Å². The average molecular weight is 647 g/mol. The van der Waals surface area contributed by atoms with Gasteiger partial charge in [-0.3, -0.25) is 4.79 Å². The molecular weight excluding hydrogens is 600 g/mol. The van der Waals surface area contributed by atoms with Crippen molar-refractivity contribution >= 4 is 22.5 Å². The van der Waals surface area contributed by atoms with Crippen LogP contribution in [0.4, 0.5) is 0 Å². The topological polar surface area (TPSA) is 203 Å². The highest BCUT2D eigenvalue weighted by Gasteiger charge is 2.56. The summed E-state index contributed by atoms with van der Waals surface area (Å²) in [4.78, 5) is 24.2. The third-order valence-corrected chi connectivity index (χ3v) is 10.8. The maximum Gasteiger partial charge on any atom is 0.335 e. The minimum Gasteiger partial charge on any atom is -0.506 e. The monoisotopic (exact) mass is 646 g/mol. The molecule has 2 saturated heterocycles. The molecular formula is C34H46O12. The van der Waals surface area contributed by atoms with Crippen LogP contribution in [0.1, 0.15) is 78.7 Å². The summed E-state index contributed by atoms with van der Waals surface area (Å²) in [5.41, 5.74) is -1.88. The molecule has 12 heteroatoms. The minimum atomic E-state index is -2.05. The van der Waals surface area contributed by atoms with Gasteiger partial charge in [-0.05, 0) is 98.6 Å². The number of ether oxygens (including phenoxy) is 3. The first kappa shape index (κ1) is 34.5. The number of phenolic OH excluding ortho intramolecular Hbond substituents is 1. The van der Waals surface area contributed by atoms with Crippen molar-refractivity contribution in [3.05, 3.63) is 34.9 Å². The molecule has 1 spiro atoms. The highest BCUT2D eigenvalue weighted by atomic mass is 16.7. The Kier molecular flexibility index (Phi) is 10.0. The number of carbonyl (C=O) groups is 2. The fourth-order valence-corrected chi connectivity index (χ4v) is 8.35. The van der Waals surface area contributed by atoms with E-state index in [1.165, 1.54) is 19.1 Å². The van der Waals surface area contributed by atoms with E-state index in [1.54, 1.807) is 6.92 Å². The predicted molar refractivity (Wildman–Crippen MR) is 165 cm³/mol. The molecule has 9 atom stereocenters. The standard InChI is InChI=1S/C34H46O12/c1-17(23-6-9-44-16-33(23)7-5-20(13-33)14-35)4-8-34(43)25(15-36)46-32(29(39)30(34)40)45-24-12-22(31(41)42)11-21-10-18(2)26(19(3)37)28(38)27(21)24/h10-12,17,20,23,25,29-30,32,35-36,38-40,43H,4-9,13-16H2,1-3H3,(H,41,42)/t17-,20-,23-,25-,29-,30-,32-,33-,34-/m1/s1. The van der Waals surface area contributed by atoms with E-state index in [0.29, 0.717) is 25.2 Å². The van der Waals surface area contributed by atoms with Crippen molar-refractivity contribution in [1.82, 2.24) is 0 Å². The van der Waals surface area contributed by atoms with Crippen LogP contribution in [0, 0.1) is 30.1 Å². The molecule has 1 saturated carbocycles. The smallest absolute Gasteiger partial charge is 0.335 e. The van der Waals surface area contributed by atoms with Gasteiger partial charge >= 0.3 is 5.97 Å². The van der Waals surface area contributed by atoms with Gasteiger partial charge in [-0.2, -0.15) is 0 Å². The lowest BCUT2D eigenvalue weighted by atomic mass is 9.64. The largest absolute Gasteiger partial charge is 0.506 e. The van der Waals surface area contributed by atoms with Crippen molar-refractivity contribution in [1.29, 1.82) is 0 Å². The molecule has 1 aliphatic carbocycles. The fraction of sp³-hybridized carbons (Fsp3) is 0.647. The van der Waals surface area contributed by atoms with E-state index in [0.717, 1.165) is 31.7 Å². The first-order valence-electron chi connectivity index (χ1n) is 16.0. The van der Waals surface area contributed by atoms with Gasteiger partial charge in [0.25, 0.3) is 0 Å². The number of aromatic carboxylic acids is 1.